The lowest BCUT2D eigenvalue weighted by molar-refractivity contribution is 0.296. The highest BCUT2D eigenvalue weighted by Crippen LogP contribution is 2.03. The van der Waals surface area contributed by atoms with Crippen LogP contribution in [0.4, 0.5) is 0 Å². The molecule has 0 heterocycles. The summed E-state index contributed by atoms with van der Waals surface area (Å²) >= 11 is -2.61. The fourth-order valence-corrected chi connectivity index (χ4v) is 2.58. The Hall–Kier alpha value is -1.57. The van der Waals surface area contributed by atoms with Crippen molar-refractivity contribution in [3.8, 4) is 0 Å². The Morgan fingerprint density at radius 1 is 0.643 bits per heavy atom. The molecule has 0 aliphatic heterocycles. The summed E-state index contributed by atoms with van der Waals surface area (Å²) in [4.78, 5) is 4.82. The normalized spacial score (nSPS) is 10.3. The lowest BCUT2D eigenvalue weighted by atomic mass is 10.2. The van der Waals surface area contributed by atoms with Crippen LogP contribution in [0.3, 0.4) is 0 Å². The molecule has 5 nitrogen and oxygen atoms in total. The van der Waals surface area contributed by atoms with Crippen LogP contribution in [0.2, 0.25) is 0 Å². The molecule has 158 valence electrons. The van der Waals surface area contributed by atoms with Gasteiger partial charge < -0.3 is 0 Å². The first-order valence-electron chi connectivity index (χ1n) is 9.79. The van der Waals surface area contributed by atoms with Gasteiger partial charge in [0.2, 0.25) is 0 Å². The first kappa shape index (κ1) is 26.4. The van der Waals surface area contributed by atoms with Crippen molar-refractivity contribution in [3.05, 3.63) is 71.8 Å². The Kier molecular flexibility index (Phi) is 16.5. The van der Waals surface area contributed by atoms with Crippen molar-refractivity contribution >= 4 is 11.4 Å². The zero-order chi connectivity index (χ0) is 21.2. The van der Waals surface area contributed by atoms with E-state index in [0.29, 0.717) is 0 Å². The molecule has 0 unspecified atom stereocenters. The van der Waals surface area contributed by atoms with Gasteiger partial charge in [0.05, 0.1) is 0 Å². The van der Waals surface area contributed by atoms with E-state index in [1.165, 1.54) is 11.1 Å². The van der Waals surface area contributed by atoms with Crippen molar-refractivity contribution in [1.29, 1.82) is 0 Å². The monoisotopic (exact) mass is 408 g/mol. The quantitative estimate of drug-likeness (QED) is 0.618. The molecule has 0 saturated carbocycles. The van der Waals surface area contributed by atoms with Gasteiger partial charge in [-0.15, -0.1) is 0 Å². The van der Waals surface area contributed by atoms with Crippen molar-refractivity contribution in [2.45, 2.75) is 40.8 Å². The number of hydrogen-bond donors (Lipinski definition) is 2. The molecule has 0 amide bonds. The van der Waals surface area contributed by atoms with E-state index >= 15 is 0 Å². The summed E-state index contributed by atoms with van der Waals surface area (Å²) in [6.45, 7) is 15.5. The summed E-state index contributed by atoms with van der Waals surface area (Å²) in [6, 6.07) is 21.2. The van der Waals surface area contributed by atoms with Crippen LogP contribution in [-0.2, 0) is 24.5 Å². The molecule has 0 aliphatic carbocycles. The van der Waals surface area contributed by atoms with E-state index in [9.17, 15) is 0 Å². The third-order valence-electron chi connectivity index (χ3n) is 4.29. The van der Waals surface area contributed by atoms with Crippen molar-refractivity contribution in [3.63, 3.8) is 0 Å². The van der Waals surface area contributed by atoms with Crippen LogP contribution in [-0.4, -0.2) is 49.3 Å². The third-order valence-corrected chi connectivity index (χ3v) is 4.29. The van der Waals surface area contributed by atoms with E-state index in [1.54, 1.807) is 0 Å². The lowest BCUT2D eigenvalue weighted by Gasteiger charge is -2.17. The second-order valence-electron chi connectivity index (χ2n) is 6.12. The number of benzene rings is 2. The zero-order valence-electron chi connectivity index (χ0n) is 17.6. The summed E-state index contributed by atoms with van der Waals surface area (Å²) in [7, 11) is 0. The molecule has 0 aliphatic rings. The first-order chi connectivity index (χ1) is 13.5. The molecule has 0 fully saturated rings. The standard InChI is InChI=1S/2C11H17N.H2O3S/c2*1-3-12(4-2)10-11-8-6-5-7-9-11;1-4(2)3/h2*5-9H,3-4,10H2,1-2H3;(H2,1,2,3). The largest absolute Gasteiger partial charge is 0.300 e. The zero-order valence-corrected chi connectivity index (χ0v) is 18.4. The van der Waals surface area contributed by atoms with Crippen LogP contribution in [0, 0.1) is 0 Å². The molecule has 0 aromatic heterocycles. The molecule has 0 atom stereocenters. The maximum Gasteiger partial charge on any atom is 0.299 e. The molecule has 0 spiro atoms. The fraction of sp³-hybridized carbons (Fsp3) is 0.455. The highest BCUT2D eigenvalue weighted by Gasteiger charge is 1.99. The molecule has 28 heavy (non-hydrogen) atoms. The second-order valence-corrected chi connectivity index (χ2v) is 6.59. The summed E-state index contributed by atoms with van der Waals surface area (Å²) in [6.07, 6.45) is 0. The van der Waals surface area contributed by atoms with Crippen molar-refractivity contribution < 1.29 is 13.3 Å². The first-order valence-corrected chi connectivity index (χ1v) is 10.8. The van der Waals surface area contributed by atoms with Crippen LogP contribution < -0.4 is 0 Å². The fourth-order valence-electron chi connectivity index (χ4n) is 2.58. The second kappa shape index (κ2) is 17.5. The van der Waals surface area contributed by atoms with E-state index in [-0.39, 0.29) is 0 Å². The maximum absolute atomic E-state index is 8.67. The summed E-state index contributed by atoms with van der Waals surface area (Å²) in [5.74, 6) is 0. The molecule has 2 aromatic rings. The highest BCUT2D eigenvalue weighted by atomic mass is 32.2. The maximum atomic E-state index is 8.67. The van der Waals surface area contributed by atoms with E-state index < -0.39 is 11.4 Å². The summed E-state index contributed by atoms with van der Waals surface area (Å²) in [5, 5.41) is 0. The Balaban J connectivity index is 0.000000439. The molecule has 2 rings (SSSR count). The molecule has 2 aromatic carbocycles. The van der Waals surface area contributed by atoms with Crippen LogP contribution in [0.5, 0.6) is 0 Å². The van der Waals surface area contributed by atoms with Gasteiger partial charge in [-0.05, 0) is 37.3 Å². The average Bonchev–Trinajstić information content (AvgIpc) is 2.72. The van der Waals surface area contributed by atoms with E-state index in [1.807, 2.05) is 0 Å². The van der Waals surface area contributed by atoms with Gasteiger partial charge in [0, 0.05) is 13.1 Å². The molecule has 0 saturated heterocycles. The van der Waals surface area contributed by atoms with Gasteiger partial charge in [0.15, 0.2) is 0 Å². The van der Waals surface area contributed by atoms with Gasteiger partial charge >= 0.3 is 0 Å². The van der Waals surface area contributed by atoms with Gasteiger partial charge in [-0.3, -0.25) is 18.9 Å². The Labute approximate surface area is 173 Å². The minimum atomic E-state index is -2.61. The van der Waals surface area contributed by atoms with Gasteiger partial charge in [-0.1, -0.05) is 88.4 Å². The molecular formula is C22H36N2O3S. The summed E-state index contributed by atoms with van der Waals surface area (Å²) < 4.78 is 22.8. The minimum Gasteiger partial charge on any atom is -0.300 e. The molecule has 6 heteroatoms. The van der Waals surface area contributed by atoms with E-state index in [0.717, 1.165) is 39.3 Å². The number of rotatable bonds is 8. The lowest BCUT2D eigenvalue weighted by Crippen LogP contribution is -2.21. The number of nitrogens with zero attached hydrogens (tertiary/aromatic N) is 2. The van der Waals surface area contributed by atoms with Crippen molar-refractivity contribution in [2.24, 2.45) is 0 Å². The molecule has 0 radical (unpaired) electrons. The Bertz CT molecular complexity index is 550. The highest BCUT2D eigenvalue weighted by molar-refractivity contribution is 7.73. The minimum absolute atomic E-state index is 1.08. The topological polar surface area (TPSA) is 64.0 Å². The number of hydrogen-bond acceptors (Lipinski definition) is 3. The third kappa shape index (κ3) is 14.5. The van der Waals surface area contributed by atoms with Crippen molar-refractivity contribution in [1.82, 2.24) is 9.80 Å². The van der Waals surface area contributed by atoms with Crippen LogP contribution in [0.15, 0.2) is 60.7 Å². The molecular weight excluding hydrogens is 372 g/mol. The Morgan fingerprint density at radius 2 is 0.893 bits per heavy atom. The van der Waals surface area contributed by atoms with Crippen LogP contribution in [0.25, 0.3) is 0 Å². The average molecular weight is 409 g/mol. The SMILES string of the molecule is CCN(CC)Cc1ccccc1.CCN(CC)Cc1ccccc1.O=S(O)O. The van der Waals surface area contributed by atoms with E-state index in [2.05, 4.69) is 98.2 Å². The van der Waals surface area contributed by atoms with Crippen LogP contribution in [0.1, 0.15) is 38.8 Å². The van der Waals surface area contributed by atoms with Gasteiger partial charge in [0.1, 0.15) is 0 Å². The van der Waals surface area contributed by atoms with Gasteiger partial charge in [-0.2, -0.15) is 4.21 Å². The van der Waals surface area contributed by atoms with Crippen molar-refractivity contribution in [2.75, 3.05) is 26.2 Å². The molecule has 2 N–H and O–H groups in total. The predicted octanol–water partition coefficient (Wildman–Crippen LogP) is 4.74. The Morgan fingerprint density at radius 3 is 1.11 bits per heavy atom. The molecule has 0 bridgehead atoms. The van der Waals surface area contributed by atoms with Gasteiger partial charge in [-0.25, -0.2) is 0 Å². The van der Waals surface area contributed by atoms with Gasteiger partial charge in [0.25, 0.3) is 11.4 Å². The smallest absolute Gasteiger partial charge is 0.299 e. The predicted molar refractivity (Wildman–Crippen MR) is 120 cm³/mol. The summed E-state index contributed by atoms with van der Waals surface area (Å²) in [5.41, 5.74) is 2.81. The van der Waals surface area contributed by atoms with Crippen LogP contribution >= 0.6 is 0 Å². The van der Waals surface area contributed by atoms with E-state index in [4.69, 9.17) is 13.3 Å².